The molecular formula is C14H12BrN3S. The SMILES string of the molecule is Nc1ccc(NCc2cc(Br)cs2)c2ccncc12. The van der Waals surface area contributed by atoms with E-state index in [2.05, 4.69) is 37.7 Å². The molecule has 0 amide bonds. The molecule has 0 spiro atoms. The van der Waals surface area contributed by atoms with Crippen molar-refractivity contribution in [2.24, 2.45) is 0 Å². The van der Waals surface area contributed by atoms with Crippen LogP contribution in [0.15, 0.2) is 46.5 Å². The lowest BCUT2D eigenvalue weighted by Crippen LogP contribution is -1.99. The molecule has 0 saturated carbocycles. The van der Waals surface area contributed by atoms with E-state index in [4.69, 9.17) is 5.73 Å². The minimum Gasteiger partial charge on any atom is -0.398 e. The summed E-state index contributed by atoms with van der Waals surface area (Å²) in [6.45, 7) is 0.803. The van der Waals surface area contributed by atoms with Crippen molar-refractivity contribution in [2.75, 3.05) is 11.1 Å². The third-order valence-corrected chi connectivity index (χ3v) is 4.62. The van der Waals surface area contributed by atoms with Gasteiger partial charge in [-0.3, -0.25) is 4.98 Å². The summed E-state index contributed by atoms with van der Waals surface area (Å²) in [7, 11) is 0. The van der Waals surface area contributed by atoms with Gasteiger partial charge in [0.25, 0.3) is 0 Å². The van der Waals surface area contributed by atoms with Crippen molar-refractivity contribution >= 4 is 49.4 Å². The summed E-state index contributed by atoms with van der Waals surface area (Å²) < 4.78 is 1.13. The number of nitrogens with zero attached hydrogens (tertiary/aromatic N) is 1. The monoisotopic (exact) mass is 333 g/mol. The van der Waals surface area contributed by atoms with Crippen LogP contribution in [-0.4, -0.2) is 4.98 Å². The van der Waals surface area contributed by atoms with Gasteiger partial charge in [-0.15, -0.1) is 11.3 Å². The first-order valence-electron chi connectivity index (χ1n) is 5.83. The van der Waals surface area contributed by atoms with Gasteiger partial charge in [-0.2, -0.15) is 0 Å². The Kier molecular flexibility index (Phi) is 3.40. The fourth-order valence-electron chi connectivity index (χ4n) is 2.00. The Balaban J connectivity index is 1.91. The highest BCUT2D eigenvalue weighted by Crippen LogP contribution is 2.28. The first kappa shape index (κ1) is 12.4. The molecule has 0 aliphatic heterocycles. The van der Waals surface area contributed by atoms with Crippen LogP contribution in [0.4, 0.5) is 11.4 Å². The van der Waals surface area contributed by atoms with Crippen LogP contribution in [-0.2, 0) is 6.54 Å². The minimum absolute atomic E-state index is 0.757. The predicted molar refractivity (Wildman–Crippen MR) is 85.5 cm³/mol. The summed E-state index contributed by atoms with van der Waals surface area (Å²) in [5.41, 5.74) is 7.80. The number of fused-ring (bicyclic) bond motifs is 1. The molecule has 1 aromatic carbocycles. The average molecular weight is 334 g/mol. The van der Waals surface area contributed by atoms with Crippen molar-refractivity contribution in [1.29, 1.82) is 0 Å². The fraction of sp³-hybridized carbons (Fsp3) is 0.0714. The van der Waals surface area contributed by atoms with E-state index in [-0.39, 0.29) is 0 Å². The van der Waals surface area contributed by atoms with E-state index in [1.165, 1.54) is 4.88 Å². The molecule has 0 saturated heterocycles. The summed E-state index contributed by atoms with van der Waals surface area (Å²) in [4.78, 5) is 5.41. The van der Waals surface area contributed by atoms with Crippen molar-refractivity contribution in [3.8, 4) is 0 Å². The molecule has 3 rings (SSSR count). The Morgan fingerprint density at radius 2 is 2.16 bits per heavy atom. The number of aromatic nitrogens is 1. The van der Waals surface area contributed by atoms with Crippen LogP contribution >= 0.6 is 27.3 Å². The smallest absolute Gasteiger partial charge is 0.0494 e. The minimum atomic E-state index is 0.757. The molecule has 0 fully saturated rings. The normalized spacial score (nSPS) is 10.8. The molecule has 96 valence electrons. The van der Waals surface area contributed by atoms with Crippen molar-refractivity contribution in [2.45, 2.75) is 6.54 Å². The summed E-state index contributed by atoms with van der Waals surface area (Å²) in [6, 6.07) is 8.04. The second kappa shape index (κ2) is 5.19. The van der Waals surface area contributed by atoms with Gasteiger partial charge >= 0.3 is 0 Å². The number of hydrogen-bond acceptors (Lipinski definition) is 4. The van der Waals surface area contributed by atoms with Crippen molar-refractivity contribution in [3.05, 3.63) is 51.4 Å². The van der Waals surface area contributed by atoms with Crippen LogP contribution in [0.2, 0.25) is 0 Å². The fourth-order valence-corrected chi connectivity index (χ4v) is 3.39. The molecule has 0 aliphatic carbocycles. The van der Waals surface area contributed by atoms with Gasteiger partial charge < -0.3 is 11.1 Å². The highest BCUT2D eigenvalue weighted by atomic mass is 79.9. The molecular weight excluding hydrogens is 322 g/mol. The summed E-state index contributed by atoms with van der Waals surface area (Å²) in [5, 5.41) is 7.62. The van der Waals surface area contributed by atoms with E-state index in [0.717, 1.165) is 33.2 Å². The molecule has 0 aliphatic rings. The van der Waals surface area contributed by atoms with E-state index >= 15 is 0 Å². The second-order valence-electron chi connectivity index (χ2n) is 4.21. The molecule has 2 heterocycles. The summed E-state index contributed by atoms with van der Waals surface area (Å²) in [5.74, 6) is 0. The molecule has 0 atom stereocenters. The number of nitrogens with two attached hydrogens (primary N) is 1. The van der Waals surface area contributed by atoms with Crippen LogP contribution in [0.1, 0.15) is 4.88 Å². The van der Waals surface area contributed by atoms with Crippen LogP contribution in [0.3, 0.4) is 0 Å². The van der Waals surface area contributed by atoms with Crippen molar-refractivity contribution < 1.29 is 0 Å². The maximum atomic E-state index is 5.96. The maximum Gasteiger partial charge on any atom is 0.0494 e. The number of pyridine rings is 1. The molecule has 3 N–H and O–H groups in total. The largest absolute Gasteiger partial charge is 0.398 e. The van der Waals surface area contributed by atoms with E-state index in [0.29, 0.717) is 0 Å². The second-order valence-corrected chi connectivity index (χ2v) is 6.12. The number of anilines is 2. The molecule has 19 heavy (non-hydrogen) atoms. The van der Waals surface area contributed by atoms with Crippen molar-refractivity contribution in [3.63, 3.8) is 0 Å². The van der Waals surface area contributed by atoms with Gasteiger partial charge in [0.2, 0.25) is 0 Å². The zero-order valence-corrected chi connectivity index (χ0v) is 12.5. The summed E-state index contributed by atoms with van der Waals surface area (Å²) in [6.07, 6.45) is 3.59. The Morgan fingerprint density at radius 1 is 1.26 bits per heavy atom. The number of nitrogen functional groups attached to an aromatic ring is 1. The summed E-state index contributed by atoms with van der Waals surface area (Å²) >= 11 is 5.20. The van der Waals surface area contributed by atoms with Gasteiger partial charge in [0.05, 0.1) is 0 Å². The number of thiophene rings is 1. The molecule has 0 unspecified atom stereocenters. The van der Waals surface area contributed by atoms with Gasteiger partial charge in [0.1, 0.15) is 0 Å². The van der Waals surface area contributed by atoms with Gasteiger partial charge in [-0.25, -0.2) is 0 Å². The lowest BCUT2D eigenvalue weighted by atomic mass is 10.1. The molecule has 0 radical (unpaired) electrons. The maximum absolute atomic E-state index is 5.96. The van der Waals surface area contributed by atoms with Gasteiger partial charge in [0.15, 0.2) is 0 Å². The molecule has 0 bridgehead atoms. The van der Waals surface area contributed by atoms with Crippen LogP contribution in [0, 0.1) is 0 Å². The first-order valence-corrected chi connectivity index (χ1v) is 7.50. The van der Waals surface area contributed by atoms with Crippen LogP contribution in [0.5, 0.6) is 0 Å². The van der Waals surface area contributed by atoms with E-state index < -0.39 is 0 Å². The zero-order valence-electron chi connectivity index (χ0n) is 10.1. The van der Waals surface area contributed by atoms with Crippen LogP contribution in [0.25, 0.3) is 10.8 Å². The highest BCUT2D eigenvalue weighted by Gasteiger charge is 2.04. The lowest BCUT2D eigenvalue weighted by molar-refractivity contribution is 1.20. The van der Waals surface area contributed by atoms with Crippen LogP contribution < -0.4 is 11.1 Å². The number of rotatable bonds is 3. The average Bonchev–Trinajstić information content (AvgIpc) is 2.84. The third-order valence-electron chi connectivity index (χ3n) is 2.93. The number of benzene rings is 1. The predicted octanol–water partition coefficient (Wildman–Crippen LogP) is 4.25. The topological polar surface area (TPSA) is 50.9 Å². The first-order chi connectivity index (χ1) is 9.24. The Bertz CT molecular complexity index is 724. The number of nitrogens with one attached hydrogen (secondary N) is 1. The van der Waals surface area contributed by atoms with E-state index in [1.54, 1.807) is 23.7 Å². The highest BCUT2D eigenvalue weighted by molar-refractivity contribution is 9.10. The number of halogens is 1. The molecule has 5 heteroatoms. The van der Waals surface area contributed by atoms with Gasteiger partial charge in [0, 0.05) is 55.8 Å². The lowest BCUT2D eigenvalue weighted by Gasteiger charge is -2.10. The quantitative estimate of drug-likeness (QED) is 0.704. The third kappa shape index (κ3) is 2.57. The Labute approximate surface area is 123 Å². The standard InChI is InChI=1S/C14H12BrN3S/c15-9-5-10(19-8-9)6-18-14-2-1-13(16)12-7-17-4-3-11(12)14/h1-5,7-8,18H,6,16H2. The van der Waals surface area contributed by atoms with E-state index in [9.17, 15) is 0 Å². The number of hydrogen-bond donors (Lipinski definition) is 2. The molecule has 3 nitrogen and oxygen atoms in total. The van der Waals surface area contributed by atoms with Gasteiger partial charge in [-0.05, 0) is 40.2 Å². The molecule has 2 aromatic heterocycles. The zero-order chi connectivity index (χ0) is 13.2. The van der Waals surface area contributed by atoms with E-state index in [1.807, 2.05) is 18.2 Å². The Morgan fingerprint density at radius 3 is 2.95 bits per heavy atom. The Hall–Kier alpha value is -1.59. The van der Waals surface area contributed by atoms with Gasteiger partial charge in [-0.1, -0.05) is 0 Å². The van der Waals surface area contributed by atoms with Crippen molar-refractivity contribution in [1.82, 2.24) is 4.98 Å². The molecule has 3 aromatic rings.